The van der Waals surface area contributed by atoms with E-state index in [0.29, 0.717) is 19.0 Å². The molecule has 0 spiro atoms. The average Bonchev–Trinajstić information content (AvgIpc) is 2.85. The molecular weight excluding hydrogens is 517 g/mol. The summed E-state index contributed by atoms with van der Waals surface area (Å²) >= 11 is 0. The van der Waals surface area contributed by atoms with Crippen LogP contribution in [0.4, 0.5) is 5.95 Å². The fourth-order valence-corrected chi connectivity index (χ4v) is 3.49. The number of rotatable bonds is 6. The van der Waals surface area contributed by atoms with E-state index in [4.69, 9.17) is 4.74 Å². The molecule has 8 nitrogen and oxygen atoms in total. The van der Waals surface area contributed by atoms with Crippen LogP contribution in [0.1, 0.15) is 11.1 Å². The minimum atomic E-state index is 0. The van der Waals surface area contributed by atoms with Crippen LogP contribution in [-0.4, -0.2) is 59.0 Å². The van der Waals surface area contributed by atoms with Crippen molar-refractivity contribution in [3.8, 4) is 5.88 Å². The van der Waals surface area contributed by atoms with E-state index < -0.39 is 0 Å². The molecule has 0 atom stereocenters. The molecule has 1 saturated heterocycles. The number of anilines is 1. The first kappa shape index (κ1) is 23.7. The second-order valence-electron chi connectivity index (χ2n) is 7.17. The monoisotopic (exact) mass is 545 g/mol. The summed E-state index contributed by atoms with van der Waals surface area (Å²) < 4.78 is 5.97. The summed E-state index contributed by atoms with van der Waals surface area (Å²) in [6.45, 7) is 4.48. The predicted molar refractivity (Wildman–Crippen MR) is 136 cm³/mol. The molecule has 2 aromatic heterocycles. The number of benzene rings is 1. The number of aliphatic imine (C=N–C) groups is 1. The lowest BCUT2D eigenvalue weighted by Gasteiger charge is -2.36. The van der Waals surface area contributed by atoms with E-state index in [9.17, 15) is 0 Å². The van der Waals surface area contributed by atoms with Gasteiger partial charge in [0.05, 0.1) is 0 Å². The zero-order valence-electron chi connectivity index (χ0n) is 18.1. The van der Waals surface area contributed by atoms with Gasteiger partial charge in [-0.05, 0) is 17.7 Å². The number of pyridine rings is 1. The highest BCUT2D eigenvalue weighted by Gasteiger charge is 2.21. The third-order valence-corrected chi connectivity index (χ3v) is 5.13. The molecule has 0 amide bonds. The van der Waals surface area contributed by atoms with Gasteiger partial charge in [-0.25, -0.2) is 15.0 Å². The van der Waals surface area contributed by atoms with Crippen molar-refractivity contribution in [2.24, 2.45) is 4.99 Å². The molecule has 0 radical (unpaired) electrons. The first-order chi connectivity index (χ1) is 15.3. The summed E-state index contributed by atoms with van der Waals surface area (Å²) in [7, 11) is 1.81. The summed E-state index contributed by atoms with van der Waals surface area (Å²) in [4.78, 5) is 22.0. The summed E-state index contributed by atoms with van der Waals surface area (Å²) in [5.74, 6) is 2.28. The molecular formula is C23H28IN7O. The van der Waals surface area contributed by atoms with Crippen molar-refractivity contribution in [1.29, 1.82) is 0 Å². The Balaban J connectivity index is 0.00000289. The molecule has 1 aliphatic heterocycles. The van der Waals surface area contributed by atoms with Gasteiger partial charge in [0.15, 0.2) is 5.96 Å². The van der Waals surface area contributed by atoms with E-state index in [-0.39, 0.29) is 24.0 Å². The van der Waals surface area contributed by atoms with Crippen LogP contribution in [0.25, 0.3) is 0 Å². The molecule has 4 rings (SSSR count). The summed E-state index contributed by atoms with van der Waals surface area (Å²) in [6.07, 6.45) is 5.31. The van der Waals surface area contributed by atoms with E-state index in [1.165, 1.54) is 0 Å². The van der Waals surface area contributed by atoms with Crippen LogP contribution in [0.2, 0.25) is 0 Å². The predicted octanol–water partition coefficient (Wildman–Crippen LogP) is 2.97. The standard InChI is InChI=1S/C23H27N7O.HI/c1-24-22(29-13-15-30(16-14-29)23-26-11-6-12-27-23)28-17-20-9-5-10-25-21(20)31-18-19-7-3-2-4-8-19;/h2-12H,13-18H2,1H3,(H,24,28);1H. The van der Waals surface area contributed by atoms with Gasteiger partial charge in [0, 0.05) is 63.9 Å². The van der Waals surface area contributed by atoms with Crippen molar-refractivity contribution in [3.05, 3.63) is 78.2 Å². The summed E-state index contributed by atoms with van der Waals surface area (Å²) in [5, 5.41) is 3.45. The number of halogens is 1. The Bertz CT molecular complexity index is 980. The van der Waals surface area contributed by atoms with Gasteiger partial charge in [0.25, 0.3) is 0 Å². The normalized spacial score (nSPS) is 14.0. The Morgan fingerprint density at radius 1 is 0.938 bits per heavy atom. The van der Waals surface area contributed by atoms with Gasteiger partial charge in [0.2, 0.25) is 11.8 Å². The maximum atomic E-state index is 5.97. The van der Waals surface area contributed by atoms with E-state index in [0.717, 1.165) is 49.2 Å². The van der Waals surface area contributed by atoms with Crippen LogP contribution in [0.5, 0.6) is 5.88 Å². The van der Waals surface area contributed by atoms with Crippen molar-refractivity contribution < 1.29 is 4.74 Å². The highest BCUT2D eigenvalue weighted by molar-refractivity contribution is 14.0. The van der Waals surface area contributed by atoms with E-state index >= 15 is 0 Å². The fourth-order valence-electron chi connectivity index (χ4n) is 3.49. The number of piperazine rings is 1. The van der Waals surface area contributed by atoms with Gasteiger partial charge >= 0.3 is 0 Å². The summed E-state index contributed by atoms with van der Waals surface area (Å²) in [6, 6.07) is 15.9. The molecule has 0 aliphatic carbocycles. The lowest BCUT2D eigenvalue weighted by atomic mass is 10.2. The Hall–Kier alpha value is -2.95. The molecule has 168 valence electrons. The SMILES string of the molecule is CN=C(NCc1cccnc1OCc1ccccc1)N1CCN(c2ncccn2)CC1.I. The van der Waals surface area contributed by atoms with Crippen LogP contribution < -0.4 is 15.0 Å². The zero-order chi connectivity index (χ0) is 21.3. The lowest BCUT2D eigenvalue weighted by Crippen LogP contribution is -2.52. The van der Waals surface area contributed by atoms with Gasteiger partial charge in [0.1, 0.15) is 6.61 Å². The maximum Gasteiger partial charge on any atom is 0.225 e. The third-order valence-electron chi connectivity index (χ3n) is 5.13. The van der Waals surface area contributed by atoms with Crippen molar-refractivity contribution in [2.45, 2.75) is 13.2 Å². The van der Waals surface area contributed by atoms with Gasteiger partial charge in [-0.15, -0.1) is 24.0 Å². The molecule has 3 heterocycles. The van der Waals surface area contributed by atoms with Gasteiger partial charge in [-0.1, -0.05) is 36.4 Å². The van der Waals surface area contributed by atoms with Crippen LogP contribution >= 0.6 is 24.0 Å². The Morgan fingerprint density at radius 3 is 2.38 bits per heavy atom. The number of aromatic nitrogens is 3. The number of ether oxygens (including phenoxy) is 1. The fraction of sp³-hybridized carbons (Fsp3) is 0.304. The highest BCUT2D eigenvalue weighted by atomic mass is 127. The van der Waals surface area contributed by atoms with Gasteiger partial charge < -0.3 is 19.9 Å². The van der Waals surface area contributed by atoms with Crippen molar-refractivity contribution >= 4 is 35.9 Å². The average molecular weight is 545 g/mol. The molecule has 0 bridgehead atoms. The third kappa shape index (κ3) is 6.28. The van der Waals surface area contributed by atoms with Crippen molar-refractivity contribution in [2.75, 3.05) is 38.1 Å². The number of nitrogens with zero attached hydrogens (tertiary/aromatic N) is 6. The minimum absolute atomic E-state index is 0. The topological polar surface area (TPSA) is 78.8 Å². The molecule has 1 aromatic carbocycles. The van der Waals surface area contributed by atoms with Crippen LogP contribution in [0.3, 0.4) is 0 Å². The molecule has 1 N–H and O–H groups in total. The second-order valence-corrected chi connectivity index (χ2v) is 7.17. The molecule has 1 fully saturated rings. The minimum Gasteiger partial charge on any atom is -0.473 e. The number of hydrogen-bond donors (Lipinski definition) is 1. The maximum absolute atomic E-state index is 5.97. The van der Waals surface area contributed by atoms with Crippen molar-refractivity contribution in [1.82, 2.24) is 25.2 Å². The second kappa shape index (κ2) is 12.2. The highest BCUT2D eigenvalue weighted by Crippen LogP contribution is 2.16. The number of nitrogens with one attached hydrogen (secondary N) is 1. The molecule has 0 saturated carbocycles. The molecule has 1 aliphatic rings. The quantitative estimate of drug-likeness (QED) is 0.290. The Morgan fingerprint density at radius 2 is 1.66 bits per heavy atom. The van der Waals surface area contributed by atoms with Crippen LogP contribution in [0, 0.1) is 0 Å². The van der Waals surface area contributed by atoms with Crippen LogP contribution in [0.15, 0.2) is 72.1 Å². The number of hydrogen-bond acceptors (Lipinski definition) is 6. The lowest BCUT2D eigenvalue weighted by molar-refractivity contribution is 0.290. The Kier molecular flexibility index (Phi) is 9.02. The number of guanidine groups is 1. The molecule has 32 heavy (non-hydrogen) atoms. The van der Waals surface area contributed by atoms with Gasteiger partial charge in [-0.2, -0.15) is 0 Å². The largest absolute Gasteiger partial charge is 0.473 e. The zero-order valence-corrected chi connectivity index (χ0v) is 20.4. The van der Waals surface area contributed by atoms with E-state index in [1.807, 2.05) is 55.6 Å². The first-order valence-electron chi connectivity index (χ1n) is 10.4. The first-order valence-corrected chi connectivity index (χ1v) is 10.4. The molecule has 9 heteroatoms. The Labute approximate surface area is 205 Å². The van der Waals surface area contributed by atoms with E-state index in [1.54, 1.807) is 18.6 Å². The van der Waals surface area contributed by atoms with E-state index in [2.05, 4.69) is 35.1 Å². The van der Waals surface area contributed by atoms with Crippen molar-refractivity contribution in [3.63, 3.8) is 0 Å². The van der Waals surface area contributed by atoms with Gasteiger partial charge in [-0.3, -0.25) is 4.99 Å². The summed E-state index contributed by atoms with van der Waals surface area (Å²) in [5.41, 5.74) is 2.11. The molecule has 3 aromatic rings. The molecule has 0 unspecified atom stereocenters. The smallest absolute Gasteiger partial charge is 0.225 e. The van der Waals surface area contributed by atoms with Crippen LogP contribution in [-0.2, 0) is 13.2 Å².